The fraction of sp³-hybridized carbons (Fsp3) is 0.222. The molecule has 0 aliphatic carbocycles. The van der Waals surface area contributed by atoms with Gasteiger partial charge in [0.15, 0.2) is 5.60 Å². The second-order valence-electron chi connectivity index (χ2n) is 6.26. The number of aromatic nitrogens is 3. The molecule has 1 aromatic carbocycles. The third-order valence-corrected chi connectivity index (χ3v) is 5.43. The van der Waals surface area contributed by atoms with Crippen LogP contribution in [-0.4, -0.2) is 44.5 Å². The van der Waals surface area contributed by atoms with Crippen molar-refractivity contribution < 1.29 is 9.90 Å². The first kappa shape index (κ1) is 16.6. The van der Waals surface area contributed by atoms with Gasteiger partial charge in [0.25, 0.3) is 5.91 Å². The van der Waals surface area contributed by atoms with Crippen LogP contribution in [0.5, 0.6) is 0 Å². The lowest BCUT2D eigenvalue weighted by molar-refractivity contribution is -0.143. The van der Waals surface area contributed by atoms with Gasteiger partial charge in [-0.3, -0.25) is 4.79 Å². The lowest BCUT2D eigenvalue weighted by atomic mass is 9.91. The number of benzene rings is 1. The molecule has 0 saturated carbocycles. The molecule has 8 heteroatoms. The van der Waals surface area contributed by atoms with E-state index >= 15 is 0 Å². The van der Waals surface area contributed by atoms with E-state index in [2.05, 4.69) is 15.0 Å². The smallest absolute Gasteiger partial charge is 0.258 e. The number of likely N-dealkylation sites (N-methyl/N-ethyl adjacent to an activating group) is 1. The maximum absolute atomic E-state index is 12.3. The summed E-state index contributed by atoms with van der Waals surface area (Å²) in [6.45, 7) is 0.538. The Morgan fingerprint density at radius 2 is 2.12 bits per heavy atom. The first-order valence-electron chi connectivity index (χ1n) is 8.11. The van der Waals surface area contributed by atoms with E-state index < -0.39 is 5.60 Å². The van der Waals surface area contributed by atoms with Gasteiger partial charge < -0.3 is 15.7 Å². The standard InChI is InChI=1S/C18H17N5O2S/c1-23-8-6-18(25,16(23)24)12-4-2-3-11(9-12)15-21-14(10-26-15)13-5-7-20-17(19)22-13/h2-5,7,9-10,25H,6,8H2,1H3,(H2,19,20,22)/t18-/m1/s1. The number of nitrogen functional groups attached to an aromatic ring is 1. The van der Waals surface area contributed by atoms with Gasteiger partial charge in [-0.15, -0.1) is 11.3 Å². The van der Waals surface area contributed by atoms with Crippen LogP contribution in [0.1, 0.15) is 12.0 Å². The van der Waals surface area contributed by atoms with Gasteiger partial charge in [-0.05, 0) is 17.7 Å². The Hall–Kier alpha value is -2.84. The number of carbonyl (C=O) groups is 1. The number of nitrogens with zero attached hydrogens (tertiary/aromatic N) is 4. The second-order valence-corrected chi connectivity index (χ2v) is 7.11. The van der Waals surface area contributed by atoms with Gasteiger partial charge in [-0.25, -0.2) is 15.0 Å². The minimum Gasteiger partial charge on any atom is -0.375 e. The zero-order chi connectivity index (χ0) is 18.3. The molecule has 0 unspecified atom stereocenters. The molecule has 0 radical (unpaired) electrons. The van der Waals surface area contributed by atoms with Crippen LogP contribution >= 0.6 is 11.3 Å². The van der Waals surface area contributed by atoms with Gasteiger partial charge in [0.1, 0.15) is 10.7 Å². The summed E-state index contributed by atoms with van der Waals surface area (Å²) >= 11 is 1.47. The number of thiazole rings is 1. The Balaban J connectivity index is 1.69. The lowest BCUT2D eigenvalue weighted by Gasteiger charge is -2.21. The largest absolute Gasteiger partial charge is 0.375 e. The molecule has 1 aliphatic heterocycles. The van der Waals surface area contributed by atoms with Crippen LogP contribution in [0.3, 0.4) is 0 Å². The molecular formula is C18H17N5O2S. The van der Waals surface area contributed by atoms with Crippen molar-refractivity contribution >= 4 is 23.2 Å². The molecule has 26 heavy (non-hydrogen) atoms. The second kappa shape index (κ2) is 6.15. The average Bonchev–Trinajstić information content (AvgIpc) is 3.24. The van der Waals surface area contributed by atoms with Crippen LogP contribution in [0.25, 0.3) is 22.0 Å². The predicted octanol–water partition coefficient (Wildman–Crippen LogP) is 1.90. The van der Waals surface area contributed by atoms with Crippen molar-refractivity contribution in [2.45, 2.75) is 12.0 Å². The van der Waals surface area contributed by atoms with Crippen molar-refractivity contribution in [3.8, 4) is 22.0 Å². The number of likely N-dealkylation sites (tertiary alicyclic amines) is 1. The topological polar surface area (TPSA) is 105 Å². The van der Waals surface area contributed by atoms with Crippen LogP contribution in [0.2, 0.25) is 0 Å². The normalized spacial score (nSPS) is 19.9. The lowest BCUT2D eigenvalue weighted by Crippen LogP contribution is -2.36. The first-order valence-corrected chi connectivity index (χ1v) is 8.98. The zero-order valence-electron chi connectivity index (χ0n) is 14.1. The van der Waals surface area contributed by atoms with Crippen LogP contribution in [-0.2, 0) is 10.4 Å². The first-order chi connectivity index (χ1) is 12.5. The molecule has 1 saturated heterocycles. The summed E-state index contributed by atoms with van der Waals surface area (Å²) in [6.07, 6.45) is 1.98. The van der Waals surface area contributed by atoms with E-state index in [9.17, 15) is 9.90 Å². The number of anilines is 1. The van der Waals surface area contributed by atoms with Gasteiger partial charge in [-0.2, -0.15) is 0 Å². The van der Waals surface area contributed by atoms with Gasteiger partial charge in [-0.1, -0.05) is 18.2 Å². The number of hydrogen-bond donors (Lipinski definition) is 2. The minimum atomic E-state index is -1.47. The van der Waals surface area contributed by atoms with Crippen LogP contribution in [0.4, 0.5) is 5.95 Å². The van der Waals surface area contributed by atoms with Gasteiger partial charge in [0.05, 0.1) is 5.69 Å². The van der Waals surface area contributed by atoms with Gasteiger partial charge in [0, 0.05) is 37.2 Å². The SMILES string of the molecule is CN1CC[C@@](O)(c2cccc(-c3nc(-c4ccnc(N)n4)cs3)c2)C1=O. The van der Waals surface area contributed by atoms with Crippen molar-refractivity contribution in [3.05, 3.63) is 47.5 Å². The number of nitrogens with two attached hydrogens (primary N) is 1. The summed E-state index contributed by atoms with van der Waals surface area (Å²) in [7, 11) is 1.70. The molecule has 132 valence electrons. The summed E-state index contributed by atoms with van der Waals surface area (Å²) in [5.41, 5.74) is 6.96. The third kappa shape index (κ3) is 2.73. The van der Waals surface area contributed by atoms with E-state index in [1.165, 1.54) is 11.3 Å². The molecule has 3 heterocycles. The highest BCUT2D eigenvalue weighted by Crippen LogP contribution is 2.35. The fourth-order valence-corrected chi connectivity index (χ4v) is 3.88. The van der Waals surface area contributed by atoms with E-state index in [0.29, 0.717) is 29.9 Å². The Labute approximate surface area is 154 Å². The summed E-state index contributed by atoms with van der Waals surface area (Å²) in [4.78, 5) is 26.6. The number of hydrogen-bond acceptors (Lipinski definition) is 7. The molecule has 2 aromatic heterocycles. The summed E-state index contributed by atoms with van der Waals surface area (Å²) in [5.74, 6) is -0.0731. The van der Waals surface area contributed by atoms with E-state index in [-0.39, 0.29) is 11.9 Å². The number of amides is 1. The number of carbonyl (C=O) groups excluding carboxylic acids is 1. The van der Waals surface area contributed by atoms with Gasteiger partial charge >= 0.3 is 0 Å². The molecule has 3 aromatic rings. The van der Waals surface area contributed by atoms with E-state index in [4.69, 9.17) is 5.73 Å². The van der Waals surface area contributed by atoms with Crippen molar-refractivity contribution in [2.75, 3.05) is 19.3 Å². The van der Waals surface area contributed by atoms with Crippen LogP contribution in [0, 0.1) is 0 Å². The summed E-state index contributed by atoms with van der Waals surface area (Å²) in [6, 6.07) is 9.10. The quantitative estimate of drug-likeness (QED) is 0.732. The van der Waals surface area contributed by atoms with Crippen molar-refractivity contribution in [1.29, 1.82) is 0 Å². The van der Waals surface area contributed by atoms with Crippen LogP contribution < -0.4 is 5.73 Å². The molecular weight excluding hydrogens is 350 g/mol. The zero-order valence-corrected chi connectivity index (χ0v) is 14.9. The Bertz CT molecular complexity index is 989. The molecule has 3 N–H and O–H groups in total. The molecule has 1 atom stereocenters. The Kier molecular flexibility index (Phi) is 3.93. The molecule has 0 bridgehead atoms. The summed E-state index contributed by atoms with van der Waals surface area (Å²) in [5, 5.41) is 13.5. The number of aliphatic hydroxyl groups is 1. The third-order valence-electron chi connectivity index (χ3n) is 4.54. The fourth-order valence-electron chi connectivity index (χ4n) is 3.07. The van der Waals surface area contributed by atoms with Crippen molar-refractivity contribution in [2.24, 2.45) is 0 Å². The molecule has 1 aliphatic rings. The Morgan fingerprint density at radius 3 is 2.85 bits per heavy atom. The highest BCUT2D eigenvalue weighted by atomic mass is 32.1. The Morgan fingerprint density at radius 1 is 1.27 bits per heavy atom. The van der Waals surface area contributed by atoms with Crippen molar-refractivity contribution in [1.82, 2.24) is 19.9 Å². The van der Waals surface area contributed by atoms with Crippen LogP contribution in [0.15, 0.2) is 41.9 Å². The average molecular weight is 367 g/mol. The van der Waals surface area contributed by atoms with E-state index in [0.717, 1.165) is 10.6 Å². The molecule has 1 amide bonds. The molecule has 4 rings (SSSR count). The van der Waals surface area contributed by atoms with Gasteiger partial charge in [0.2, 0.25) is 5.95 Å². The predicted molar refractivity (Wildman–Crippen MR) is 99.1 cm³/mol. The molecule has 1 fully saturated rings. The maximum Gasteiger partial charge on any atom is 0.258 e. The highest BCUT2D eigenvalue weighted by Gasteiger charge is 2.45. The minimum absolute atomic E-state index is 0.199. The molecule has 0 spiro atoms. The monoisotopic (exact) mass is 367 g/mol. The maximum atomic E-state index is 12.3. The number of rotatable bonds is 3. The highest BCUT2D eigenvalue weighted by molar-refractivity contribution is 7.13. The van der Waals surface area contributed by atoms with E-state index in [1.807, 2.05) is 23.6 Å². The molecule has 7 nitrogen and oxygen atoms in total. The van der Waals surface area contributed by atoms with Crippen molar-refractivity contribution in [3.63, 3.8) is 0 Å². The summed E-state index contributed by atoms with van der Waals surface area (Å²) < 4.78 is 0. The van der Waals surface area contributed by atoms with E-state index in [1.54, 1.807) is 30.3 Å².